The fourth-order valence-corrected chi connectivity index (χ4v) is 2.33. The first-order valence-electron chi connectivity index (χ1n) is 5.19. The molecule has 5 nitrogen and oxygen atoms in total. The molecule has 88 valence electrons. The van der Waals surface area contributed by atoms with Crippen LogP contribution in [0, 0.1) is 0 Å². The first-order chi connectivity index (χ1) is 7.79. The van der Waals surface area contributed by atoms with E-state index in [1.165, 1.54) is 11.3 Å². The van der Waals surface area contributed by atoms with Crippen LogP contribution in [0.15, 0.2) is 5.38 Å². The third kappa shape index (κ3) is 2.78. The molecule has 0 unspecified atom stereocenters. The van der Waals surface area contributed by atoms with Gasteiger partial charge in [-0.1, -0.05) is 0 Å². The molecular weight excluding hydrogens is 228 g/mol. The number of aliphatic hydroxyl groups excluding tert-OH is 1. The van der Waals surface area contributed by atoms with E-state index < -0.39 is 0 Å². The maximum Gasteiger partial charge on any atom is 0.229 e. The van der Waals surface area contributed by atoms with Gasteiger partial charge in [-0.2, -0.15) is 0 Å². The average Bonchev–Trinajstić information content (AvgIpc) is 2.78. The number of nitrogens with zero attached hydrogens (tertiary/aromatic N) is 2. The monoisotopic (exact) mass is 242 g/mol. The molecule has 2 rings (SSSR count). The zero-order valence-corrected chi connectivity index (χ0v) is 9.70. The summed E-state index contributed by atoms with van der Waals surface area (Å²) in [6.45, 7) is 2.49. The SMILES string of the molecule is O=C(Cc1nc(CO)cs1)N1CCOCC1. The number of hydrogen-bond donors (Lipinski definition) is 1. The zero-order chi connectivity index (χ0) is 11.4. The number of hydrogen-bond acceptors (Lipinski definition) is 5. The summed E-state index contributed by atoms with van der Waals surface area (Å²) in [6, 6.07) is 0. The zero-order valence-electron chi connectivity index (χ0n) is 8.89. The summed E-state index contributed by atoms with van der Waals surface area (Å²) < 4.78 is 5.18. The molecule has 0 radical (unpaired) electrons. The van der Waals surface area contributed by atoms with Gasteiger partial charge in [-0.15, -0.1) is 11.3 Å². The second kappa shape index (κ2) is 5.38. The van der Waals surface area contributed by atoms with E-state index in [9.17, 15) is 4.79 Å². The molecule has 1 amide bonds. The predicted octanol–water partition coefficient (Wildman–Crippen LogP) is 0.0367. The highest BCUT2D eigenvalue weighted by Gasteiger charge is 2.18. The Morgan fingerprint density at radius 1 is 1.56 bits per heavy atom. The Kier molecular flexibility index (Phi) is 3.87. The topological polar surface area (TPSA) is 62.7 Å². The van der Waals surface area contributed by atoms with Gasteiger partial charge >= 0.3 is 0 Å². The van der Waals surface area contributed by atoms with E-state index >= 15 is 0 Å². The van der Waals surface area contributed by atoms with Gasteiger partial charge in [0.15, 0.2) is 0 Å². The Balaban J connectivity index is 1.90. The van der Waals surface area contributed by atoms with Crippen molar-refractivity contribution in [3.63, 3.8) is 0 Å². The highest BCUT2D eigenvalue weighted by molar-refractivity contribution is 7.09. The van der Waals surface area contributed by atoms with Crippen LogP contribution in [0.3, 0.4) is 0 Å². The van der Waals surface area contributed by atoms with Gasteiger partial charge in [-0.05, 0) is 0 Å². The lowest BCUT2D eigenvalue weighted by Gasteiger charge is -2.26. The van der Waals surface area contributed by atoms with Crippen LogP contribution in [0.25, 0.3) is 0 Å². The van der Waals surface area contributed by atoms with Crippen molar-refractivity contribution in [2.45, 2.75) is 13.0 Å². The molecule has 2 heterocycles. The van der Waals surface area contributed by atoms with Crippen molar-refractivity contribution in [1.82, 2.24) is 9.88 Å². The van der Waals surface area contributed by atoms with Crippen LogP contribution < -0.4 is 0 Å². The molecule has 0 spiro atoms. The number of aliphatic hydroxyl groups is 1. The molecule has 16 heavy (non-hydrogen) atoms. The average molecular weight is 242 g/mol. The molecule has 1 aliphatic rings. The fraction of sp³-hybridized carbons (Fsp3) is 0.600. The molecule has 0 bridgehead atoms. The van der Waals surface area contributed by atoms with E-state index in [0.29, 0.717) is 38.4 Å². The molecular formula is C10H14N2O3S. The van der Waals surface area contributed by atoms with Crippen molar-refractivity contribution >= 4 is 17.2 Å². The second-order valence-electron chi connectivity index (χ2n) is 3.56. The number of thiazole rings is 1. The number of amides is 1. The first kappa shape index (κ1) is 11.5. The van der Waals surface area contributed by atoms with Crippen molar-refractivity contribution in [2.24, 2.45) is 0 Å². The van der Waals surface area contributed by atoms with Gasteiger partial charge in [0.1, 0.15) is 5.01 Å². The summed E-state index contributed by atoms with van der Waals surface area (Å²) in [6.07, 6.45) is 0.324. The van der Waals surface area contributed by atoms with Crippen LogP contribution in [-0.2, 0) is 22.6 Å². The lowest BCUT2D eigenvalue weighted by molar-refractivity contribution is -0.134. The number of carbonyl (C=O) groups is 1. The Morgan fingerprint density at radius 2 is 2.31 bits per heavy atom. The Morgan fingerprint density at radius 3 is 2.94 bits per heavy atom. The molecule has 0 aromatic carbocycles. The molecule has 0 saturated carbocycles. The number of aromatic nitrogens is 1. The van der Waals surface area contributed by atoms with Crippen molar-refractivity contribution in [2.75, 3.05) is 26.3 Å². The van der Waals surface area contributed by atoms with Crippen LogP contribution in [0.4, 0.5) is 0 Å². The highest BCUT2D eigenvalue weighted by Crippen LogP contribution is 2.12. The molecule has 6 heteroatoms. The van der Waals surface area contributed by atoms with E-state index in [0.717, 1.165) is 5.01 Å². The summed E-state index contributed by atoms with van der Waals surface area (Å²) >= 11 is 1.42. The molecule has 1 aliphatic heterocycles. The highest BCUT2D eigenvalue weighted by atomic mass is 32.1. The molecule has 0 aliphatic carbocycles. The molecule has 1 fully saturated rings. The minimum atomic E-state index is -0.0672. The number of ether oxygens (including phenoxy) is 1. The van der Waals surface area contributed by atoms with E-state index in [2.05, 4.69) is 4.98 Å². The third-order valence-corrected chi connectivity index (χ3v) is 3.33. The van der Waals surface area contributed by atoms with Gasteiger partial charge in [0.25, 0.3) is 0 Å². The lowest BCUT2D eigenvalue weighted by Crippen LogP contribution is -2.41. The van der Waals surface area contributed by atoms with Crippen LogP contribution in [-0.4, -0.2) is 47.2 Å². The second-order valence-corrected chi connectivity index (χ2v) is 4.50. The van der Waals surface area contributed by atoms with Crippen molar-refractivity contribution < 1.29 is 14.6 Å². The van der Waals surface area contributed by atoms with Crippen LogP contribution in [0.2, 0.25) is 0 Å². The van der Waals surface area contributed by atoms with Crippen LogP contribution >= 0.6 is 11.3 Å². The van der Waals surface area contributed by atoms with Gasteiger partial charge < -0.3 is 14.7 Å². The number of carbonyl (C=O) groups excluding carboxylic acids is 1. The van der Waals surface area contributed by atoms with Gasteiger partial charge in [0.05, 0.1) is 31.9 Å². The van der Waals surface area contributed by atoms with E-state index in [1.54, 1.807) is 10.3 Å². The molecule has 1 saturated heterocycles. The Labute approximate surface area is 97.7 Å². The van der Waals surface area contributed by atoms with Gasteiger partial charge in [0, 0.05) is 18.5 Å². The minimum absolute atomic E-state index is 0.0672. The predicted molar refractivity (Wildman–Crippen MR) is 59.1 cm³/mol. The molecule has 1 aromatic rings. The lowest BCUT2D eigenvalue weighted by atomic mass is 10.3. The maximum absolute atomic E-state index is 11.8. The molecule has 1 N–H and O–H groups in total. The molecule has 1 aromatic heterocycles. The first-order valence-corrected chi connectivity index (χ1v) is 6.07. The van der Waals surface area contributed by atoms with Crippen LogP contribution in [0.5, 0.6) is 0 Å². The number of rotatable bonds is 3. The van der Waals surface area contributed by atoms with E-state index in [4.69, 9.17) is 9.84 Å². The minimum Gasteiger partial charge on any atom is -0.390 e. The van der Waals surface area contributed by atoms with Crippen molar-refractivity contribution in [3.05, 3.63) is 16.1 Å². The maximum atomic E-state index is 11.8. The summed E-state index contributed by atoms with van der Waals surface area (Å²) in [4.78, 5) is 17.8. The van der Waals surface area contributed by atoms with E-state index in [-0.39, 0.29) is 12.5 Å². The standard InChI is InChI=1S/C10H14N2O3S/c13-6-8-7-16-9(11-8)5-10(14)12-1-3-15-4-2-12/h7,13H,1-6H2. The normalized spacial score (nSPS) is 16.4. The number of morpholine rings is 1. The van der Waals surface area contributed by atoms with E-state index in [1.807, 2.05) is 0 Å². The van der Waals surface area contributed by atoms with Gasteiger partial charge in [0.2, 0.25) is 5.91 Å². The van der Waals surface area contributed by atoms with Gasteiger partial charge in [-0.25, -0.2) is 4.98 Å². The van der Waals surface area contributed by atoms with Gasteiger partial charge in [-0.3, -0.25) is 4.79 Å². The summed E-state index contributed by atoms with van der Waals surface area (Å²) in [5.41, 5.74) is 0.634. The summed E-state index contributed by atoms with van der Waals surface area (Å²) in [5.74, 6) is 0.0853. The Hall–Kier alpha value is -0.980. The summed E-state index contributed by atoms with van der Waals surface area (Å²) in [5, 5.41) is 11.4. The largest absolute Gasteiger partial charge is 0.390 e. The summed E-state index contributed by atoms with van der Waals surface area (Å²) in [7, 11) is 0. The fourth-order valence-electron chi connectivity index (χ4n) is 1.56. The molecule has 0 atom stereocenters. The quantitative estimate of drug-likeness (QED) is 0.812. The van der Waals surface area contributed by atoms with Crippen molar-refractivity contribution in [1.29, 1.82) is 0 Å². The smallest absolute Gasteiger partial charge is 0.229 e. The van der Waals surface area contributed by atoms with Crippen LogP contribution in [0.1, 0.15) is 10.7 Å². The third-order valence-electron chi connectivity index (χ3n) is 2.43. The van der Waals surface area contributed by atoms with Crippen molar-refractivity contribution in [3.8, 4) is 0 Å². The Bertz CT molecular complexity index is 361.